The summed E-state index contributed by atoms with van der Waals surface area (Å²) in [5.41, 5.74) is 4.20. The third-order valence-electron chi connectivity index (χ3n) is 4.92. The maximum Gasteiger partial charge on any atom is 0.338 e. The molecule has 3 amide bonds. The van der Waals surface area contributed by atoms with Crippen LogP contribution in [-0.2, 0) is 19.1 Å². The van der Waals surface area contributed by atoms with Crippen LogP contribution in [0.5, 0.6) is 0 Å². The second-order valence-electron chi connectivity index (χ2n) is 7.49. The van der Waals surface area contributed by atoms with E-state index in [1.807, 2.05) is 0 Å². The molecule has 0 unspecified atom stereocenters. The molecule has 0 aliphatic carbocycles. The number of aryl methyl sites for hydroxylation is 1. The number of nitrogens with zero attached hydrogens (tertiary/aromatic N) is 3. The van der Waals surface area contributed by atoms with Crippen LogP contribution in [0.2, 0.25) is 0 Å². The summed E-state index contributed by atoms with van der Waals surface area (Å²) in [6.07, 6.45) is 0.233. The van der Waals surface area contributed by atoms with E-state index in [9.17, 15) is 23.6 Å². The Kier molecular flexibility index (Phi) is 6.35. The highest BCUT2D eigenvalue weighted by molar-refractivity contribution is 6.01. The lowest BCUT2D eigenvalue weighted by Crippen LogP contribution is -2.50. The van der Waals surface area contributed by atoms with E-state index in [4.69, 9.17) is 4.74 Å². The van der Waals surface area contributed by atoms with E-state index in [0.29, 0.717) is 22.9 Å². The molecule has 0 radical (unpaired) electrons. The van der Waals surface area contributed by atoms with Gasteiger partial charge in [0.15, 0.2) is 6.61 Å². The number of benzene rings is 2. The zero-order valence-corrected chi connectivity index (χ0v) is 18.1. The Hall–Kier alpha value is -4.54. The molecule has 2 heterocycles. The Balaban J connectivity index is 1.36. The van der Waals surface area contributed by atoms with Crippen LogP contribution in [-0.4, -0.2) is 40.1 Å². The molecule has 174 valence electrons. The van der Waals surface area contributed by atoms with Crippen molar-refractivity contribution in [1.82, 2.24) is 15.2 Å². The van der Waals surface area contributed by atoms with Gasteiger partial charge in [-0.3, -0.25) is 19.8 Å². The highest BCUT2D eigenvalue weighted by Crippen LogP contribution is 2.19. The first-order valence-corrected chi connectivity index (χ1v) is 10.3. The molecule has 2 aromatic carbocycles. The first-order valence-electron chi connectivity index (χ1n) is 10.3. The van der Waals surface area contributed by atoms with Gasteiger partial charge in [-0.25, -0.2) is 18.9 Å². The largest absolute Gasteiger partial charge is 0.452 e. The van der Waals surface area contributed by atoms with Crippen molar-refractivity contribution in [2.45, 2.75) is 19.8 Å². The van der Waals surface area contributed by atoms with E-state index in [1.54, 1.807) is 13.0 Å². The molecule has 4 rings (SSSR count). The van der Waals surface area contributed by atoms with Crippen LogP contribution in [0.4, 0.5) is 15.9 Å². The zero-order chi connectivity index (χ0) is 24.2. The molecule has 1 saturated heterocycles. The fraction of sp³-hybridized carbons (Fsp3) is 0.174. The van der Waals surface area contributed by atoms with Crippen molar-refractivity contribution < 1.29 is 28.3 Å². The maximum absolute atomic E-state index is 13.2. The molecule has 1 aliphatic rings. The standard InChI is InChI=1S/C23H20FN5O5/c1-14-12-19(28(26-14)17-8-4-16(24)5-9-17)25-21(31)13-34-23(33)15-2-6-18(7-3-15)29-22(32)11-10-20(30)27-29/h2-9,12H,10-11,13H2,1H3,(H,25,31)(H,27,30). The number of carbonyl (C=O) groups excluding carboxylic acids is 4. The number of anilines is 2. The summed E-state index contributed by atoms with van der Waals surface area (Å²) < 4.78 is 19.7. The minimum absolute atomic E-state index is 0.102. The Labute approximate surface area is 193 Å². The summed E-state index contributed by atoms with van der Waals surface area (Å²) in [6, 6.07) is 13.1. The van der Waals surface area contributed by atoms with Gasteiger partial charge in [0.2, 0.25) is 11.8 Å². The molecule has 2 N–H and O–H groups in total. The van der Waals surface area contributed by atoms with Gasteiger partial charge in [-0.1, -0.05) is 0 Å². The number of hydrogen-bond donors (Lipinski definition) is 2. The fourth-order valence-electron chi connectivity index (χ4n) is 3.29. The predicted molar refractivity (Wildman–Crippen MR) is 118 cm³/mol. The van der Waals surface area contributed by atoms with Crippen molar-refractivity contribution in [3.05, 3.63) is 71.7 Å². The van der Waals surface area contributed by atoms with Gasteiger partial charge in [-0.05, 0) is 55.5 Å². The molecule has 0 saturated carbocycles. The lowest BCUT2D eigenvalue weighted by atomic mass is 10.2. The molecule has 1 fully saturated rings. The first kappa shape index (κ1) is 22.6. The van der Waals surface area contributed by atoms with Gasteiger partial charge in [0.25, 0.3) is 5.91 Å². The maximum atomic E-state index is 13.2. The number of ether oxygens (including phenoxy) is 1. The van der Waals surface area contributed by atoms with Gasteiger partial charge in [-0.15, -0.1) is 0 Å². The summed E-state index contributed by atoms with van der Waals surface area (Å²) in [7, 11) is 0. The van der Waals surface area contributed by atoms with Gasteiger partial charge < -0.3 is 10.1 Å². The van der Waals surface area contributed by atoms with Crippen LogP contribution in [0.15, 0.2) is 54.6 Å². The third kappa shape index (κ3) is 5.09. The smallest absolute Gasteiger partial charge is 0.338 e. The molecule has 1 aromatic heterocycles. The molecule has 10 nitrogen and oxygen atoms in total. The zero-order valence-electron chi connectivity index (χ0n) is 18.1. The van der Waals surface area contributed by atoms with Crippen molar-refractivity contribution in [2.24, 2.45) is 0 Å². The van der Waals surface area contributed by atoms with E-state index in [2.05, 4.69) is 15.8 Å². The Bertz CT molecular complexity index is 1250. The SMILES string of the molecule is Cc1cc(NC(=O)COC(=O)c2ccc(N3NC(=O)CCC3=O)cc2)n(-c2ccc(F)cc2)n1. The topological polar surface area (TPSA) is 123 Å². The summed E-state index contributed by atoms with van der Waals surface area (Å²) in [5.74, 6) is -1.92. The van der Waals surface area contributed by atoms with Crippen molar-refractivity contribution in [1.29, 1.82) is 0 Å². The number of aromatic nitrogens is 2. The van der Waals surface area contributed by atoms with E-state index < -0.39 is 24.3 Å². The number of rotatable bonds is 6. The van der Waals surface area contributed by atoms with Crippen LogP contribution < -0.4 is 15.8 Å². The quantitative estimate of drug-likeness (QED) is 0.539. The number of esters is 1. The molecular weight excluding hydrogens is 445 g/mol. The van der Waals surface area contributed by atoms with Gasteiger partial charge in [0.05, 0.1) is 22.6 Å². The number of carbonyl (C=O) groups is 4. The second kappa shape index (κ2) is 9.53. The Morgan fingerprint density at radius 3 is 2.44 bits per heavy atom. The Morgan fingerprint density at radius 1 is 1.06 bits per heavy atom. The van der Waals surface area contributed by atoms with Crippen molar-refractivity contribution >= 4 is 35.2 Å². The fourth-order valence-corrected chi connectivity index (χ4v) is 3.29. The van der Waals surface area contributed by atoms with E-state index >= 15 is 0 Å². The third-order valence-corrected chi connectivity index (χ3v) is 4.92. The number of hydrazine groups is 1. The van der Waals surface area contributed by atoms with Gasteiger partial charge in [0, 0.05) is 18.9 Å². The molecule has 0 spiro atoms. The van der Waals surface area contributed by atoms with Gasteiger partial charge in [-0.2, -0.15) is 5.10 Å². The summed E-state index contributed by atoms with van der Waals surface area (Å²) in [4.78, 5) is 48.2. The lowest BCUT2D eigenvalue weighted by Gasteiger charge is -2.27. The minimum Gasteiger partial charge on any atom is -0.452 e. The molecule has 3 aromatic rings. The monoisotopic (exact) mass is 465 g/mol. The molecule has 1 aliphatic heterocycles. The lowest BCUT2D eigenvalue weighted by molar-refractivity contribution is -0.130. The molecule has 34 heavy (non-hydrogen) atoms. The van der Waals surface area contributed by atoms with Crippen molar-refractivity contribution in [2.75, 3.05) is 16.9 Å². The normalized spacial score (nSPS) is 13.4. The van der Waals surface area contributed by atoms with E-state index in [1.165, 1.54) is 53.2 Å². The van der Waals surface area contributed by atoms with Crippen LogP contribution in [0, 0.1) is 12.7 Å². The molecule has 11 heteroatoms. The Morgan fingerprint density at radius 2 is 1.74 bits per heavy atom. The molecule has 0 atom stereocenters. The minimum atomic E-state index is -0.737. The van der Waals surface area contributed by atoms with E-state index in [-0.39, 0.29) is 30.2 Å². The molecular formula is C23H20FN5O5. The van der Waals surface area contributed by atoms with E-state index in [0.717, 1.165) is 5.01 Å². The average molecular weight is 465 g/mol. The highest BCUT2D eigenvalue weighted by Gasteiger charge is 2.24. The van der Waals surface area contributed by atoms with Crippen LogP contribution in [0.25, 0.3) is 5.69 Å². The first-order chi connectivity index (χ1) is 16.3. The second-order valence-corrected chi connectivity index (χ2v) is 7.49. The summed E-state index contributed by atoms with van der Waals surface area (Å²) in [5, 5.41) is 8.03. The van der Waals surface area contributed by atoms with Crippen LogP contribution in [0.1, 0.15) is 28.9 Å². The number of halogens is 1. The highest BCUT2D eigenvalue weighted by atomic mass is 19.1. The summed E-state index contributed by atoms with van der Waals surface area (Å²) >= 11 is 0. The van der Waals surface area contributed by atoms with Crippen molar-refractivity contribution in [3.8, 4) is 5.69 Å². The number of nitrogens with one attached hydrogen (secondary N) is 2. The van der Waals surface area contributed by atoms with Crippen LogP contribution >= 0.6 is 0 Å². The predicted octanol–water partition coefficient (Wildman–Crippen LogP) is 2.27. The van der Waals surface area contributed by atoms with Gasteiger partial charge in [0.1, 0.15) is 11.6 Å². The van der Waals surface area contributed by atoms with Crippen molar-refractivity contribution in [3.63, 3.8) is 0 Å². The number of amides is 3. The van der Waals surface area contributed by atoms with Crippen LogP contribution in [0.3, 0.4) is 0 Å². The average Bonchev–Trinajstić information content (AvgIpc) is 3.19. The molecule has 0 bridgehead atoms. The van der Waals surface area contributed by atoms with Gasteiger partial charge >= 0.3 is 5.97 Å². The number of hydrogen-bond acceptors (Lipinski definition) is 6. The summed E-state index contributed by atoms with van der Waals surface area (Å²) in [6.45, 7) is 1.19.